The van der Waals surface area contributed by atoms with Gasteiger partial charge in [0.05, 0.1) is 24.3 Å². The number of benzene rings is 2. The van der Waals surface area contributed by atoms with E-state index < -0.39 is 36.3 Å². The Hall–Kier alpha value is -2.65. The molecule has 1 fully saturated rings. The molecule has 1 heterocycles. The van der Waals surface area contributed by atoms with E-state index in [1.165, 1.54) is 36.4 Å². The van der Waals surface area contributed by atoms with E-state index in [-0.39, 0.29) is 41.1 Å². The van der Waals surface area contributed by atoms with E-state index in [0.29, 0.717) is 4.90 Å². The molecule has 4 rings (SSSR count). The zero-order valence-corrected chi connectivity index (χ0v) is 17.6. The standard InChI is InChI=1S/C22H20ClF4N3O2/c23-15-4-3-5-16(24)14(15)11-29(13-8-9-13)12-21(32)30-18-7-2-1-6-17(18)28-20(31)10-19(30)22(25,26)27/h1-7,13,19H,8-12H2,(H,28,31). The highest BCUT2D eigenvalue weighted by atomic mass is 35.5. The summed E-state index contributed by atoms with van der Waals surface area (Å²) in [5, 5.41) is 2.63. The predicted molar refractivity (Wildman–Crippen MR) is 112 cm³/mol. The fourth-order valence-electron chi connectivity index (χ4n) is 3.89. The van der Waals surface area contributed by atoms with Gasteiger partial charge in [-0.2, -0.15) is 13.2 Å². The van der Waals surface area contributed by atoms with Crippen LogP contribution in [0.15, 0.2) is 42.5 Å². The molecular weight excluding hydrogens is 450 g/mol. The second-order valence-electron chi connectivity index (χ2n) is 7.93. The van der Waals surface area contributed by atoms with Crippen molar-refractivity contribution in [2.24, 2.45) is 0 Å². The van der Waals surface area contributed by atoms with Gasteiger partial charge in [-0.3, -0.25) is 19.4 Å². The molecule has 1 saturated carbocycles. The van der Waals surface area contributed by atoms with Gasteiger partial charge >= 0.3 is 6.18 Å². The van der Waals surface area contributed by atoms with Crippen molar-refractivity contribution in [2.75, 3.05) is 16.8 Å². The number of nitrogens with one attached hydrogen (secondary N) is 1. The van der Waals surface area contributed by atoms with Crippen LogP contribution in [0.25, 0.3) is 0 Å². The number of carbonyl (C=O) groups is 2. The van der Waals surface area contributed by atoms with Crippen LogP contribution in [-0.2, 0) is 16.1 Å². The number of rotatable bonds is 5. The highest BCUT2D eigenvalue weighted by Gasteiger charge is 2.49. The lowest BCUT2D eigenvalue weighted by Gasteiger charge is -2.33. The van der Waals surface area contributed by atoms with Gasteiger partial charge in [-0.05, 0) is 37.1 Å². The van der Waals surface area contributed by atoms with E-state index in [9.17, 15) is 27.2 Å². The first-order chi connectivity index (χ1) is 15.1. The maximum absolute atomic E-state index is 14.3. The molecule has 1 aliphatic heterocycles. The minimum absolute atomic E-state index is 0.00867. The highest BCUT2D eigenvalue weighted by molar-refractivity contribution is 6.31. The van der Waals surface area contributed by atoms with Crippen LogP contribution in [0, 0.1) is 5.82 Å². The van der Waals surface area contributed by atoms with Crippen LogP contribution in [0.3, 0.4) is 0 Å². The lowest BCUT2D eigenvalue weighted by Crippen LogP contribution is -2.52. The number of amides is 2. The molecular formula is C22H20ClF4N3O2. The Balaban J connectivity index is 1.66. The Labute approximate surface area is 186 Å². The van der Waals surface area contributed by atoms with Gasteiger partial charge in [0.2, 0.25) is 11.8 Å². The number of para-hydroxylation sites is 2. The summed E-state index contributed by atoms with van der Waals surface area (Å²) in [5.74, 6) is -2.19. The maximum atomic E-state index is 14.3. The van der Waals surface area contributed by atoms with Gasteiger partial charge in [0.1, 0.15) is 11.9 Å². The Bertz CT molecular complexity index is 1020. The minimum Gasteiger partial charge on any atom is -0.324 e. The smallest absolute Gasteiger partial charge is 0.324 e. The number of fused-ring (bicyclic) bond motifs is 1. The van der Waals surface area contributed by atoms with Gasteiger partial charge in [-0.15, -0.1) is 0 Å². The van der Waals surface area contributed by atoms with Crippen LogP contribution in [0.2, 0.25) is 5.02 Å². The summed E-state index contributed by atoms with van der Waals surface area (Å²) >= 11 is 6.11. The highest BCUT2D eigenvalue weighted by Crippen LogP contribution is 2.38. The molecule has 0 saturated heterocycles. The normalized spacial score (nSPS) is 18.9. The van der Waals surface area contributed by atoms with E-state index in [1.54, 1.807) is 11.0 Å². The molecule has 170 valence electrons. The third-order valence-corrected chi connectivity index (χ3v) is 5.95. The monoisotopic (exact) mass is 469 g/mol. The summed E-state index contributed by atoms with van der Waals surface area (Å²) in [6.07, 6.45) is -4.23. The van der Waals surface area contributed by atoms with Gasteiger partial charge in [0.25, 0.3) is 0 Å². The molecule has 10 heteroatoms. The molecule has 5 nitrogen and oxygen atoms in total. The third kappa shape index (κ3) is 4.73. The topological polar surface area (TPSA) is 52.7 Å². The molecule has 0 aromatic heterocycles. The van der Waals surface area contributed by atoms with E-state index in [4.69, 9.17) is 11.6 Å². The molecule has 2 aromatic rings. The largest absolute Gasteiger partial charge is 0.409 e. The van der Waals surface area contributed by atoms with Crippen LogP contribution in [-0.4, -0.2) is 41.5 Å². The first kappa shape index (κ1) is 22.5. The molecule has 1 N–H and O–H groups in total. The number of alkyl halides is 3. The molecule has 32 heavy (non-hydrogen) atoms. The Morgan fingerprint density at radius 2 is 1.88 bits per heavy atom. The number of halogens is 5. The summed E-state index contributed by atoms with van der Waals surface area (Å²) < 4.78 is 56.0. The van der Waals surface area contributed by atoms with Crippen molar-refractivity contribution in [2.45, 2.75) is 44.1 Å². The van der Waals surface area contributed by atoms with E-state index >= 15 is 0 Å². The van der Waals surface area contributed by atoms with Crippen molar-refractivity contribution in [3.05, 3.63) is 58.9 Å². The number of anilines is 2. The summed E-state index contributed by atoms with van der Waals surface area (Å²) in [5.41, 5.74) is 0.299. The van der Waals surface area contributed by atoms with Gasteiger partial charge in [0, 0.05) is 23.2 Å². The molecule has 0 bridgehead atoms. The van der Waals surface area contributed by atoms with Crippen molar-refractivity contribution in [3.63, 3.8) is 0 Å². The molecule has 0 radical (unpaired) electrons. The predicted octanol–water partition coefficient (Wildman–Crippen LogP) is 4.75. The van der Waals surface area contributed by atoms with Crippen LogP contribution in [0.1, 0.15) is 24.8 Å². The van der Waals surface area contributed by atoms with Crippen LogP contribution in [0.5, 0.6) is 0 Å². The maximum Gasteiger partial charge on any atom is 0.409 e. The summed E-state index contributed by atoms with van der Waals surface area (Å²) in [7, 11) is 0. The average Bonchev–Trinajstić information content (AvgIpc) is 3.55. The fraction of sp³-hybridized carbons (Fsp3) is 0.364. The molecule has 1 aliphatic carbocycles. The zero-order chi connectivity index (χ0) is 23.0. The SMILES string of the molecule is O=C1CC(C(F)(F)F)N(C(=O)CN(Cc2c(F)cccc2Cl)C2CC2)c2ccccc2N1. The molecule has 2 aromatic carbocycles. The second-order valence-corrected chi connectivity index (χ2v) is 8.33. The van der Waals surface area contributed by atoms with Crippen molar-refractivity contribution < 1.29 is 27.2 Å². The average molecular weight is 470 g/mol. The zero-order valence-electron chi connectivity index (χ0n) is 16.8. The van der Waals surface area contributed by atoms with Crippen LogP contribution < -0.4 is 10.2 Å². The summed E-state index contributed by atoms with van der Waals surface area (Å²) in [6.45, 7) is -0.379. The van der Waals surface area contributed by atoms with Gasteiger partial charge < -0.3 is 5.32 Å². The third-order valence-electron chi connectivity index (χ3n) is 5.60. The summed E-state index contributed by atoms with van der Waals surface area (Å²) in [4.78, 5) is 27.7. The fourth-order valence-corrected chi connectivity index (χ4v) is 4.11. The van der Waals surface area contributed by atoms with E-state index in [1.807, 2.05) is 0 Å². The van der Waals surface area contributed by atoms with Crippen molar-refractivity contribution >= 4 is 34.8 Å². The quantitative estimate of drug-likeness (QED) is 0.643. The number of nitrogens with zero attached hydrogens (tertiary/aromatic N) is 2. The Morgan fingerprint density at radius 1 is 1.16 bits per heavy atom. The number of carbonyl (C=O) groups excluding carboxylic acids is 2. The van der Waals surface area contributed by atoms with E-state index in [2.05, 4.69) is 5.32 Å². The van der Waals surface area contributed by atoms with Gasteiger partial charge in [-0.25, -0.2) is 4.39 Å². The van der Waals surface area contributed by atoms with Crippen molar-refractivity contribution in [3.8, 4) is 0 Å². The Kier molecular flexibility index (Phi) is 6.13. The van der Waals surface area contributed by atoms with Crippen molar-refractivity contribution in [1.82, 2.24) is 4.90 Å². The van der Waals surface area contributed by atoms with E-state index in [0.717, 1.165) is 12.8 Å². The molecule has 2 aliphatic rings. The van der Waals surface area contributed by atoms with Crippen LogP contribution in [0.4, 0.5) is 28.9 Å². The first-order valence-corrected chi connectivity index (χ1v) is 10.5. The number of hydrogen-bond donors (Lipinski definition) is 1. The Morgan fingerprint density at radius 3 is 2.53 bits per heavy atom. The van der Waals surface area contributed by atoms with Gasteiger partial charge in [0.15, 0.2) is 0 Å². The lowest BCUT2D eigenvalue weighted by atomic mass is 10.1. The number of hydrogen-bond acceptors (Lipinski definition) is 3. The summed E-state index contributed by atoms with van der Waals surface area (Å²) in [6, 6.07) is 7.74. The molecule has 2 amide bonds. The van der Waals surface area contributed by atoms with Gasteiger partial charge in [-0.1, -0.05) is 29.8 Å². The lowest BCUT2D eigenvalue weighted by molar-refractivity contribution is -0.158. The minimum atomic E-state index is -4.82. The second kappa shape index (κ2) is 8.71. The molecule has 1 unspecified atom stereocenters. The van der Waals surface area contributed by atoms with Crippen LogP contribution >= 0.6 is 11.6 Å². The molecule has 1 atom stereocenters. The first-order valence-electron chi connectivity index (χ1n) is 10.1. The molecule has 0 spiro atoms. The van der Waals surface area contributed by atoms with Crippen molar-refractivity contribution in [1.29, 1.82) is 0 Å².